The molecule has 4 nitrogen and oxygen atoms in total. The Kier molecular flexibility index (Phi) is 4.83. The van der Waals surface area contributed by atoms with E-state index in [0.717, 1.165) is 15.7 Å². The van der Waals surface area contributed by atoms with Gasteiger partial charge in [0, 0.05) is 11.6 Å². The van der Waals surface area contributed by atoms with Crippen LogP contribution in [-0.4, -0.2) is 16.1 Å². The number of nitrogens with zero attached hydrogens (tertiary/aromatic N) is 1. The van der Waals surface area contributed by atoms with Gasteiger partial charge < -0.3 is 5.32 Å². The van der Waals surface area contributed by atoms with Crippen molar-refractivity contribution < 1.29 is 4.79 Å². The Bertz CT molecular complexity index is 625. The molecule has 0 aliphatic rings. The van der Waals surface area contributed by atoms with Crippen LogP contribution in [0.25, 0.3) is 0 Å². The minimum Gasteiger partial charge on any atom is -0.347 e. The minimum atomic E-state index is -0.222. The molecular formula is C14H15BrClN3O. The average molecular weight is 357 g/mol. The van der Waals surface area contributed by atoms with E-state index >= 15 is 0 Å². The zero-order valence-electron chi connectivity index (χ0n) is 11.2. The predicted molar refractivity (Wildman–Crippen MR) is 83.0 cm³/mol. The second-order valence-electron chi connectivity index (χ2n) is 4.77. The van der Waals surface area contributed by atoms with Gasteiger partial charge in [0.2, 0.25) is 0 Å². The highest BCUT2D eigenvalue weighted by Crippen LogP contribution is 2.25. The first-order valence-electron chi connectivity index (χ1n) is 6.25. The van der Waals surface area contributed by atoms with Gasteiger partial charge in [-0.3, -0.25) is 9.89 Å². The normalized spacial score (nSPS) is 10.8. The Balaban J connectivity index is 2.05. The number of hydrogen-bond donors (Lipinski definition) is 2. The SMILES string of the molecule is CC(C)c1[nH]nc(C(=O)NCc2cccc(Cl)c2)c1Br. The average Bonchev–Trinajstić information content (AvgIpc) is 2.78. The molecular weight excluding hydrogens is 342 g/mol. The van der Waals surface area contributed by atoms with Gasteiger partial charge in [-0.2, -0.15) is 5.10 Å². The first-order valence-corrected chi connectivity index (χ1v) is 7.42. The molecule has 0 bridgehead atoms. The summed E-state index contributed by atoms with van der Waals surface area (Å²) in [6.07, 6.45) is 0. The first kappa shape index (κ1) is 15.1. The van der Waals surface area contributed by atoms with Crippen LogP contribution in [0.3, 0.4) is 0 Å². The van der Waals surface area contributed by atoms with Crippen LogP contribution in [0.5, 0.6) is 0 Å². The van der Waals surface area contributed by atoms with Crippen molar-refractivity contribution in [3.63, 3.8) is 0 Å². The first-order chi connectivity index (χ1) is 9.49. The quantitative estimate of drug-likeness (QED) is 0.873. The van der Waals surface area contributed by atoms with Crippen molar-refractivity contribution in [3.05, 3.63) is 50.7 Å². The van der Waals surface area contributed by atoms with Gasteiger partial charge in [-0.05, 0) is 39.5 Å². The van der Waals surface area contributed by atoms with Crippen LogP contribution in [0, 0.1) is 0 Å². The van der Waals surface area contributed by atoms with Crippen molar-refractivity contribution in [2.24, 2.45) is 0 Å². The fourth-order valence-electron chi connectivity index (χ4n) is 1.79. The Morgan fingerprint density at radius 2 is 2.25 bits per heavy atom. The Hall–Kier alpha value is -1.33. The summed E-state index contributed by atoms with van der Waals surface area (Å²) in [6.45, 7) is 4.48. The lowest BCUT2D eigenvalue weighted by atomic mass is 10.1. The Labute approximate surface area is 131 Å². The van der Waals surface area contributed by atoms with Gasteiger partial charge in [-0.25, -0.2) is 0 Å². The lowest BCUT2D eigenvalue weighted by molar-refractivity contribution is 0.0945. The van der Waals surface area contributed by atoms with E-state index in [1.807, 2.05) is 32.0 Å². The summed E-state index contributed by atoms with van der Waals surface area (Å²) in [7, 11) is 0. The summed E-state index contributed by atoms with van der Waals surface area (Å²) in [5, 5.41) is 10.4. The van der Waals surface area contributed by atoms with Crippen molar-refractivity contribution in [1.82, 2.24) is 15.5 Å². The van der Waals surface area contributed by atoms with Crippen LogP contribution < -0.4 is 5.32 Å². The third-order valence-corrected chi connectivity index (χ3v) is 3.90. The van der Waals surface area contributed by atoms with E-state index < -0.39 is 0 Å². The molecule has 0 aliphatic carbocycles. The molecule has 106 valence electrons. The third kappa shape index (κ3) is 3.41. The molecule has 20 heavy (non-hydrogen) atoms. The molecule has 2 rings (SSSR count). The lowest BCUT2D eigenvalue weighted by Gasteiger charge is -2.05. The van der Waals surface area contributed by atoms with E-state index in [4.69, 9.17) is 11.6 Å². The van der Waals surface area contributed by atoms with Crippen LogP contribution in [0.15, 0.2) is 28.7 Å². The molecule has 0 atom stereocenters. The summed E-state index contributed by atoms with van der Waals surface area (Å²) in [6, 6.07) is 7.38. The molecule has 0 fully saturated rings. The standard InChI is InChI=1S/C14H15BrClN3O/c1-8(2)12-11(15)13(19-18-12)14(20)17-7-9-4-3-5-10(16)6-9/h3-6,8H,7H2,1-2H3,(H,17,20)(H,18,19). The summed E-state index contributed by atoms with van der Waals surface area (Å²) in [4.78, 5) is 12.1. The van der Waals surface area contributed by atoms with Crippen molar-refractivity contribution in [2.75, 3.05) is 0 Å². The van der Waals surface area contributed by atoms with E-state index in [1.165, 1.54) is 0 Å². The van der Waals surface area contributed by atoms with E-state index in [1.54, 1.807) is 6.07 Å². The van der Waals surface area contributed by atoms with Gasteiger partial charge in [0.1, 0.15) is 0 Å². The maximum atomic E-state index is 12.1. The Morgan fingerprint density at radius 3 is 2.85 bits per heavy atom. The molecule has 0 aliphatic heterocycles. The number of H-pyrrole nitrogens is 1. The van der Waals surface area contributed by atoms with Gasteiger partial charge in [0.25, 0.3) is 5.91 Å². The molecule has 1 amide bonds. The number of rotatable bonds is 4. The number of carbonyl (C=O) groups is 1. The topological polar surface area (TPSA) is 57.8 Å². The van der Waals surface area contributed by atoms with E-state index in [-0.39, 0.29) is 11.8 Å². The fourth-order valence-corrected chi connectivity index (χ4v) is 2.82. The largest absolute Gasteiger partial charge is 0.347 e. The Morgan fingerprint density at radius 1 is 1.50 bits per heavy atom. The zero-order valence-corrected chi connectivity index (χ0v) is 13.5. The third-order valence-electron chi connectivity index (χ3n) is 2.87. The van der Waals surface area contributed by atoms with Gasteiger partial charge in [-0.1, -0.05) is 37.6 Å². The molecule has 0 spiro atoms. The second-order valence-corrected chi connectivity index (χ2v) is 6.00. The maximum Gasteiger partial charge on any atom is 0.273 e. The van der Waals surface area contributed by atoms with Crippen molar-refractivity contribution in [3.8, 4) is 0 Å². The smallest absolute Gasteiger partial charge is 0.273 e. The van der Waals surface area contributed by atoms with Crippen LogP contribution in [0.1, 0.15) is 41.5 Å². The molecule has 0 unspecified atom stereocenters. The summed E-state index contributed by atoms with van der Waals surface area (Å²) >= 11 is 9.32. The number of halogens is 2. The highest BCUT2D eigenvalue weighted by Gasteiger charge is 2.18. The van der Waals surface area contributed by atoms with Crippen molar-refractivity contribution in [2.45, 2.75) is 26.3 Å². The predicted octanol–water partition coefficient (Wildman–Crippen LogP) is 3.88. The molecule has 0 saturated carbocycles. The number of benzene rings is 1. The molecule has 2 N–H and O–H groups in total. The number of aromatic amines is 1. The molecule has 6 heteroatoms. The summed E-state index contributed by atoms with van der Waals surface area (Å²) in [5.41, 5.74) is 2.23. The zero-order chi connectivity index (χ0) is 14.7. The number of carbonyl (C=O) groups excluding carboxylic acids is 1. The van der Waals surface area contributed by atoms with E-state index in [2.05, 4.69) is 31.4 Å². The van der Waals surface area contributed by atoms with Crippen molar-refractivity contribution in [1.29, 1.82) is 0 Å². The monoisotopic (exact) mass is 355 g/mol. The van der Waals surface area contributed by atoms with Crippen LogP contribution in [0.2, 0.25) is 5.02 Å². The number of hydrogen-bond acceptors (Lipinski definition) is 2. The molecule has 0 saturated heterocycles. The molecule has 2 aromatic rings. The van der Waals surface area contributed by atoms with E-state index in [0.29, 0.717) is 17.3 Å². The van der Waals surface area contributed by atoms with Gasteiger partial charge in [0.05, 0.1) is 10.2 Å². The maximum absolute atomic E-state index is 12.1. The van der Waals surface area contributed by atoms with E-state index in [9.17, 15) is 4.79 Å². The molecule has 1 aromatic carbocycles. The van der Waals surface area contributed by atoms with Crippen LogP contribution >= 0.6 is 27.5 Å². The minimum absolute atomic E-state index is 0.222. The van der Waals surface area contributed by atoms with Gasteiger partial charge in [0.15, 0.2) is 5.69 Å². The number of aromatic nitrogens is 2. The highest BCUT2D eigenvalue weighted by molar-refractivity contribution is 9.10. The van der Waals surface area contributed by atoms with Gasteiger partial charge >= 0.3 is 0 Å². The molecule has 1 heterocycles. The second kappa shape index (κ2) is 6.41. The fraction of sp³-hybridized carbons (Fsp3) is 0.286. The van der Waals surface area contributed by atoms with Crippen molar-refractivity contribution >= 4 is 33.4 Å². The molecule has 1 aromatic heterocycles. The summed E-state index contributed by atoms with van der Waals surface area (Å²) in [5.74, 6) is 0.0476. The van der Waals surface area contributed by atoms with Crippen LogP contribution in [-0.2, 0) is 6.54 Å². The highest BCUT2D eigenvalue weighted by atomic mass is 79.9. The van der Waals surface area contributed by atoms with Gasteiger partial charge in [-0.15, -0.1) is 0 Å². The summed E-state index contributed by atoms with van der Waals surface area (Å²) < 4.78 is 0.719. The molecule has 0 radical (unpaired) electrons. The lowest BCUT2D eigenvalue weighted by Crippen LogP contribution is -2.23. The van der Waals surface area contributed by atoms with Crippen LogP contribution in [0.4, 0.5) is 0 Å². The number of amides is 1. The number of nitrogens with one attached hydrogen (secondary N) is 2.